The van der Waals surface area contributed by atoms with E-state index in [1.165, 1.54) is 5.56 Å². The molecule has 2 rings (SSSR count). The van der Waals surface area contributed by atoms with E-state index in [-0.39, 0.29) is 6.04 Å². The van der Waals surface area contributed by atoms with E-state index in [0.29, 0.717) is 0 Å². The van der Waals surface area contributed by atoms with Crippen LogP contribution in [0.5, 0.6) is 0 Å². The summed E-state index contributed by atoms with van der Waals surface area (Å²) in [7, 11) is 3.99. The van der Waals surface area contributed by atoms with Crippen molar-refractivity contribution in [3.63, 3.8) is 0 Å². The van der Waals surface area contributed by atoms with E-state index in [2.05, 4.69) is 58.5 Å². The summed E-state index contributed by atoms with van der Waals surface area (Å²) in [5, 5.41) is 4.28. The first-order valence-electron chi connectivity index (χ1n) is 6.47. The summed E-state index contributed by atoms with van der Waals surface area (Å²) in [5.74, 6) is 0. The van der Waals surface area contributed by atoms with Crippen LogP contribution in [0.1, 0.15) is 18.5 Å². The summed E-state index contributed by atoms with van der Waals surface area (Å²) < 4.78 is 1.09. The Morgan fingerprint density at radius 2 is 1.75 bits per heavy atom. The Hall–Kier alpha value is -1.19. The van der Waals surface area contributed by atoms with E-state index in [4.69, 9.17) is 11.6 Å². The summed E-state index contributed by atoms with van der Waals surface area (Å²) in [5.41, 5.74) is 3.29. The van der Waals surface area contributed by atoms with Crippen LogP contribution in [-0.2, 0) is 0 Å². The third-order valence-corrected chi connectivity index (χ3v) is 4.01. The van der Waals surface area contributed by atoms with Gasteiger partial charge in [-0.15, -0.1) is 0 Å². The highest BCUT2D eigenvalue weighted by Crippen LogP contribution is 2.34. The Balaban J connectivity index is 2.26. The highest BCUT2D eigenvalue weighted by molar-refractivity contribution is 9.10. The van der Waals surface area contributed by atoms with Crippen LogP contribution in [0, 0.1) is 0 Å². The van der Waals surface area contributed by atoms with E-state index < -0.39 is 0 Å². The Kier molecular flexibility index (Phi) is 4.95. The maximum absolute atomic E-state index is 6.29. The molecule has 0 saturated heterocycles. The van der Waals surface area contributed by atoms with Gasteiger partial charge in [0.2, 0.25) is 0 Å². The van der Waals surface area contributed by atoms with E-state index in [0.717, 1.165) is 20.9 Å². The molecule has 0 spiro atoms. The lowest BCUT2D eigenvalue weighted by molar-refractivity contribution is 0.882. The molecule has 2 aromatic carbocycles. The number of para-hydroxylation sites is 1. The van der Waals surface area contributed by atoms with Crippen LogP contribution >= 0.6 is 27.5 Å². The maximum atomic E-state index is 6.29. The van der Waals surface area contributed by atoms with Crippen molar-refractivity contribution < 1.29 is 0 Å². The molecule has 0 aliphatic rings. The molecular formula is C16H18BrClN2. The first kappa shape index (κ1) is 15.2. The molecule has 0 saturated carbocycles. The van der Waals surface area contributed by atoms with Crippen molar-refractivity contribution in [2.45, 2.75) is 13.0 Å². The fraction of sp³-hybridized carbons (Fsp3) is 0.250. The van der Waals surface area contributed by atoms with Gasteiger partial charge in [0.1, 0.15) is 0 Å². The lowest BCUT2D eigenvalue weighted by Crippen LogP contribution is -2.14. The monoisotopic (exact) mass is 352 g/mol. The fourth-order valence-electron chi connectivity index (χ4n) is 2.15. The smallest absolute Gasteiger partial charge is 0.0786 e. The Morgan fingerprint density at radius 3 is 2.35 bits per heavy atom. The van der Waals surface area contributed by atoms with Crippen molar-refractivity contribution in [2.75, 3.05) is 24.3 Å². The second-order valence-corrected chi connectivity index (χ2v) is 6.27. The van der Waals surface area contributed by atoms with E-state index in [1.807, 2.05) is 31.1 Å². The Labute approximate surface area is 133 Å². The topological polar surface area (TPSA) is 15.3 Å². The predicted molar refractivity (Wildman–Crippen MR) is 92.0 cm³/mol. The number of anilines is 2. The van der Waals surface area contributed by atoms with Gasteiger partial charge < -0.3 is 10.2 Å². The molecule has 106 valence electrons. The van der Waals surface area contributed by atoms with Gasteiger partial charge in [0.25, 0.3) is 0 Å². The summed E-state index contributed by atoms with van der Waals surface area (Å²) in [6.07, 6.45) is 0. The fourth-order valence-corrected chi connectivity index (χ4v) is 2.76. The molecule has 0 amide bonds. The van der Waals surface area contributed by atoms with Crippen LogP contribution < -0.4 is 10.2 Å². The van der Waals surface area contributed by atoms with Crippen LogP contribution in [0.2, 0.25) is 5.02 Å². The van der Waals surface area contributed by atoms with Crippen LogP contribution in [0.4, 0.5) is 11.4 Å². The average Bonchev–Trinajstić information content (AvgIpc) is 2.39. The molecule has 0 aliphatic heterocycles. The van der Waals surface area contributed by atoms with Crippen molar-refractivity contribution >= 4 is 38.9 Å². The number of halogens is 2. The molecule has 0 aromatic heterocycles. The molecular weight excluding hydrogens is 336 g/mol. The number of benzene rings is 2. The van der Waals surface area contributed by atoms with Crippen molar-refractivity contribution in [3.05, 3.63) is 57.5 Å². The highest BCUT2D eigenvalue weighted by atomic mass is 79.9. The van der Waals surface area contributed by atoms with Crippen molar-refractivity contribution in [2.24, 2.45) is 0 Å². The van der Waals surface area contributed by atoms with Gasteiger partial charge in [-0.2, -0.15) is 0 Å². The van der Waals surface area contributed by atoms with Crippen molar-refractivity contribution in [1.82, 2.24) is 0 Å². The van der Waals surface area contributed by atoms with Crippen LogP contribution in [0.25, 0.3) is 0 Å². The largest absolute Gasteiger partial charge is 0.377 e. The second-order valence-electron chi connectivity index (χ2n) is 4.95. The molecule has 0 fully saturated rings. The van der Waals surface area contributed by atoms with Crippen molar-refractivity contribution in [1.29, 1.82) is 0 Å². The van der Waals surface area contributed by atoms with Gasteiger partial charge >= 0.3 is 0 Å². The lowest BCUT2D eigenvalue weighted by atomic mass is 10.1. The van der Waals surface area contributed by atoms with E-state index in [1.54, 1.807) is 0 Å². The van der Waals surface area contributed by atoms with Gasteiger partial charge in [0.15, 0.2) is 0 Å². The van der Waals surface area contributed by atoms with Gasteiger partial charge in [-0.1, -0.05) is 45.7 Å². The molecule has 0 radical (unpaired) electrons. The quantitative estimate of drug-likeness (QED) is 0.798. The van der Waals surface area contributed by atoms with Gasteiger partial charge in [-0.3, -0.25) is 0 Å². The molecule has 0 bridgehead atoms. The molecule has 0 aliphatic carbocycles. The predicted octanol–water partition coefficient (Wildman–Crippen LogP) is 5.34. The number of hydrogen-bond donors (Lipinski definition) is 1. The summed E-state index contributed by atoms with van der Waals surface area (Å²) in [6, 6.07) is 14.5. The van der Waals surface area contributed by atoms with Gasteiger partial charge in [-0.25, -0.2) is 0 Å². The number of rotatable bonds is 4. The van der Waals surface area contributed by atoms with Crippen molar-refractivity contribution in [3.8, 4) is 0 Å². The molecule has 2 aromatic rings. The third-order valence-electron chi connectivity index (χ3n) is 3.18. The lowest BCUT2D eigenvalue weighted by Gasteiger charge is -2.23. The van der Waals surface area contributed by atoms with Gasteiger partial charge in [0.05, 0.1) is 16.4 Å². The van der Waals surface area contributed by atoms with Crippen LogP contribution in [0.15, 0.2) is 46.9 Å². The Bertz CT molecular complexity index is 582. The summed E-state index contributed by atoms with van der Waals surface area (Å²) in [6.45, 7) is 2.14. The first-order chi connectivity index (χ1) is 9.49. The van der Waals surface area contributed by atoms with E-state index in [9.17, 15) is 0 Å². The third kappa shape index (κ3) is 3.47. The molecule has 0 heterocycles. The minimum atomic E-state index is 0.209. The molecule has 1 unspecified atom stereocenters. The molecule has 1 atom stereocenters. The zero-order valence-electron chi connectivity index (χ0n) is 11.8. The average molecular weight is 354 g/mol. The molecule has 20 heavy (non-hydrogen) atoms. The zero-order chi connectivity index (χ0) is 14.7. The van der Waals surface area contributed by atoms with E-state index >= 15 is 0 Å². The highest BCUT2D eigenvalue weighted by Gasteiger charge is 2.12. The number of nitrogens with zero attached hydrogens (tertiary/aromatic N) is 1. The maximum Gasteiger partial charge on any atom is 0.0786 e. The molecule has 2 nitrogen and oxygen atoms in total. The normalized spacial score (nSPS) is 12.1. The minimum Gasteiger partial charge on any atom is -0.377 e. The molecule has 1 N–H and O–H groups in total. The first-order valence-corrected chi connectivity index (χ1v) is 7.64. The Morgan fingerprint density at radius 1 is 1.10 bits per heavy atom. The molecule has 4 heteroatoms. The summed E-state index contributed by atoms with van der Waals surface area (Å²) >= 11 is 9.74. The second kappa shape index (κ2) is 6.51. The zero-order valence-corrected chi connectivity index (χ0v) is 14.2. The standard InChI is InChI=1S/C16H18BrClN2/c1-11(12-7-9-13(17)10-8-12)19-15-6-4-5-14(18)16(15)20(2)3/h4-11,19H,1-3H3. The van der Waals surface area contributed by atoms with Crippen LogP contribution in [-0.4, -0.2) is 14.1 Å². The summed E-state index contributed by atoms with van der Waals surface area (Å²) in [4.78, 5) is 2.03. The number of hydrogen-bond acceptors (Lipinski definition) is 2. The number of nitrogens with one attached hydrogen (secondary N) is 1. The minimum absolute atomic E-state index is 0.209. The van der Waals surface area contributed by atoms with Gasteiger partial charge in [-0.05, 0) is 36.8 Å². The van der Waals surface area contributed by atoms with Crippen LogP contribution in [0.3, 0.4) is 0 Å². The SMILES string of the molecule is CC(Nc1cccc(Cl)c1N(C)C)c1ccc(Br)cc1. The van der Waals surface area contributed by atoms with Gasteiger partial charge in [0, 0.05) is 24.6 Å².